The maximum atomic E-state index is 11.9. The first-order chi connectivity index (χ1) is 13.7. The molecule has 2 aromatic carbocycles. The molecule has 3 aromatic rings. The summed E-state index contributed by atoms with van der Waals surface area (Å²) in [6.45, 7) is 0.793. The molecule has 0 aliphatic carbocycles. The van der Waals surface area contributed by atoms with Crippen LogP contribution in [0.3, 0.4) is 0 Å². The van der Waals surface area contributed by atoms with Crippen molar-refractivity contribution in [1.29, 1.82) is 0 Å². The average molecular weight is 397 g/mol. The maximum Gasteiger partial charge on any atom is 0.247 e. The minimum absolute atomic E-state index is 0.0706. The Kier molecular flexibility index (Phi) is 6.91. The summed E-state index contributed by atoms with van der Waals surface area (Å²) in [5.74, 6) is 1.14. The van der Waals surface area contributed by atoms with E-state index < -0.39 is 0 Å². The lowest BCUT2D eigenvalue weighted by Gasteiger charge is -2.10. The third kappa shape index (κ3) is 6.06. The van der Waals surface area contributed by atoms with Crippen LogP contribution in [-0.2, 0) is 11.2 Å². The van der Waals surface area contributed by atoms with Gasteiger partial charge < -0.3 is 15.2 Å². The van der Waals surface area contributed by atoms with Crippen LogP contribution in [0.15, 0.2) is 59.7 Å². The van der Waals surface area contributed by atoms with Crippen molar-refractivity contribution in [2.75, 3.05) is 18.9 Å². The first-order valence-corrected chi connectivity index (χ1v) is 9.32. The number of aromatic nitrogens is 2. The molecule has 1 amide bonds. The van der Waals surface area contributed by atoms with Gasteiger partial charge in [-0.25, -0.2) is 5.43 Å². The minimum Gasteiger partial charge on any atom is -0.490 e. The number of hydrazone groups is 1. The number of hydrogen-bond donors (Lipinski definition) is 2. The van der Waals surface area contributed by atoms with E-state index in [-0.39, 0.29) is 12.3 Å². The second-order valence-electron chi connectivity index (χ2n) is 5.55. The average Bonchev–Trinajstić information content (AvgIpc) is 3.11. The van der Waals surface area contributed by atoms with Gasteiger partial charge >= 0.3 is 0 Å². The third-order valence-electron chi connectivity index (χ3n) is 3.46. The van der Waals surface area contributed by atoms with Crippen LogP contribution in [0.2, 0.25) is 0 Å². The van der Waals surface area contributed by atoms with Crippen LogP contribution in [0.1, 0.15) is 10.6 Å². The summed E-state index contributed by atoms with van der Waals surface area (Å²) in [6.07, 6.45) is 1.60. The normalized spacial score (nSPS) is 10.7. The lowest BCUT2D eigenvalue weighted by Crippen LogP contribution is -2.19. The SMILES string of the molecule is Nc1nnc(CC(=O)NN=Cc2ccccc2OCCOc2ccccc2)s1. The molecule has 144 valence electrons. The summed E-state index contributed by atoms with van der Waals surface area (Å²) < 4.78 is 11.4. The number of nitrogen functional groups attached to an aromatic ring is 1. The maximum absolute atomic E-state index is 11.9. The van der Waals surface area contributed by atoms with Crippen LogP contribution in [0.25, 0.3) is 0 Å². The van der Waals surface area contributed by atoms with Gasteiger partial charge in [0.25, 0.3) is 0 Å². The number of para-hydroxylation sites is 2. The van der Waals surface area contributed by atoms with Gasteiger partial charge in [0.05, 0.1) is 12.6 Å². The fourth-order valence-electron chi connectivity index (χ4n) is 2.24. The Morgan fingerprint density at radius 2 is 1.82 bits per heavy atom. The van der Waals surface area contributed by atoms with Crippen molar-refractivity contribution in [3.05, 3.63) is 65.2 Å². The molecule has 3 N–H and O–H groups in total. The Balaban J connectivity index is 1.47. The van der Waals surface area contributed by atoms with E-state index in [2.05, 4.69) is 20.7 Å². The molecule has 28 heavy (non-hydrogen) atoms. The van der Waals surface area contributed by atoms with Crippen molar-refractivity contribution in [2.45, 2.75) is 6.42 Å². The van der Waals surface area contributed by atoms with E-state index in [0.29, 0.717) is 29.1 Å². The molecule has 8 nitrogen and oxygen atoms in total. The molecule has 0 saturated carbocycles. The van der Waals surface area contributed by atoms with Crippen LogP contribution < -0.4 is 20.6 Å². The summed E-state index contributed by atoms with van der Waals surface area (Å²) in [4.78, 5) is 11.9. The molecule has 0 unspecified atom stereocenters. The van der Waals surface area contributed by atoms with E-state index in [9.17, 15) is 4.79 Å². The highest BCUT2D eigenvalue weighted by molar-refractivity contribution is 7.15. The van der Waals surface area contributed by atoms with Gasteiger partial charge in [0, 0.05) is 5.56 Å². The molecule has 0 spiro atoms. The predicted octanol–water partition coefficient (Wildman–Crippen LogP) is 2.27. The second-order valence-corrected chi connectivity index (χ2v) is 6.65. The van der Waals surface area contributed by atoms with Crippen molar-refractivity contribution in [1.82, 2.24) is 15.6 Å². The van der Waals surface area contributed by atoms with E-state index >= 15 is 0 Å². The van der Waals surface area contributed by atoms with Gasteiger partial charge in [-0.15, -0.1) is 10.2 Å². The van der Waals surface area contributed by atoms with Crippen molar-refractivity contribution in [3.63, 3.8) is 0 Å². The van der Waals surface area contributed by atoms with Gasteiger partial charge in [0.2, 0.25) is 11.0 Å². The smallest absolute Gasteiger partial charge is 0.247 e. The first-order valence-electron chi connectivity index (χ1n) is 8.50. The molecular weight excluding hydrogens is 378 g/mol. The number of nitrogens with one attached hydrogen (secondary N) is 1. The fourth-order valence-corrected chi connectivity index (χ4v) is 2.84. The lowest BCUT2D eigenvalue weighted by molar-refractivity contribution is -0.120. The number of rotatable bonds is 9. The van der Waals surface area contributed by atoms with Crippen LogP contribution in [0, 0.1) is 0 Å². The Morgan fingerprint density at radius 1 is 1.07 bits per heavy atom. The van der Waals surface area contributed by atoms with Crippen LogP contribution in [-0.4, -0.2) is 35.5 Å². The summed E-state index contributed by atoms with van der Waals surface area (Å²) in [5, 5.41) is 12.3. The monoisotopic (exact) mass is 397 g/mol. The molecule has 1 heterocycles. The summed E-state index contributed by atoms with van der Waals surface area (Å²) in [6, 6.07) is 16.9. The number of anilines is 1. The van der Waals surface area contributed by atoms with Gasteiger partial charge in [0.1, 0.15) is 29.7 Å². The zero-order valence-electron chi connectivity index (χ0n) is 14.9. The number of hydrogen-bond acceptors (Lipinski definition) is 8. The Hall–Kier alpha value is -3.46. The van der Waals surface area contributed by atoms with Gasteiger partial charge in [0.15, 0.2) is 0 Å². The zero-order chi connectivity index (χ0) is 19.6. The van der Waals surface area contributed by atoms with Crippen molar-refractivity contribution in [3.8, 4) is 11.5 Å². The zero-order valence-corrected chi connectivity index (χ0v) is 15.8. The Morgan fingerprint density at radius 3 is 2.61 bits per heavy atom. The summed E-state index contributed by atoms with van der Waals surface area (Å²) >= 11 is 1.17. The van der Waals surface area contributed by atoms with Gasteiger partial charge in [-0.1, -0.05) is 41.7 Å². The van der Waals surface area contributed by atoms with E-state index in [1.807, 2.05) is 54.6 Å². The molecule has 0 aliphatic heterocycles. The lowest BCUT2D eigenvalue weighted by atomic mass is 10.2. The van der Waals surface area contributed by atoms with Gasteiger partial charge in [-0.2, -0.15) is 5.10 Å². The highest BCUT2D eigenvalue weighted by atomic mass is 32.1. The molecule has 1 aromatic heterocycles. The van der Waals surface area contributed by atoms with Crippen LogP contribution in [0.5, 0.6) is 11.5 Å². The van der Waals surface area contributed by atoms with Gasteiger partial charge in [-0.3, -0.25) is 4.79 Å². The summed E-state index contributed by atoms with van der Waals surface area (Å²) in [7, 11) is 0. The Labute approximate surface area is 166 Å². The van der Waals surface area contributed by atoms with E-state index in [1.165, 1.54) is 17.6 Å². The molecular formula is C19H19N5O3S. The van der Waals surface area contributed by atoms with E-state index in [0.717, 1.165) is 11.3 Å². The molecule has 3 rings (SSSR count). The van der Waals surface area contributed by atoms with Crippen LogP contribution in [0.4, 0.5) is 5.13 Å². The number of carbonyl (C=O) groups excluding carboxylic acids is 1. The minimum atomic E-state index is -0.304. The number of nitrogens with zero attached hydrogens (tertiary/aromatic N) is 3. The third-order valence-corrected chi connectivity index (χ3v) is 4.21. The molecule has 0 aliphatic rings. The fraction of sp³-hybridized carbons (Fsp3) is 0.158. The number of amides is 1. The standard InChI is InChI=1S/C19H19N5O3S/c20-19-24-23-18(28-19)12-17(25)22-21-13-14-6-4-5-9-16(14)27-11-10-26-15-7-2-1-3-8-15/h1-9,13H,10-12H2,(H2,20,24)(H,22,25). The molecule has 0 radical (unpaired) electrons. The van der Waals surface area contributed by atoms with Gasteiger partial charge in [-0.05, 0) is 24.3 Å². The van der Waals surface area contributed by atoms with Crippen molar-refractivity contribution < 1.29 is 14.3 Å². The quantitative estimate of drug-likeness (QED) is 0.325. The Bertz CT molecular complexity index is 930. The summed E-state index contributed by atoms with van der Waals surface area (Å²) in [5.41, 5.74) is 8.68. The first kappa shape index (κ1) is 19.3. The van der Waals surface area contributed by atoms with Crippen molar-refractivity contribution >= 4 is 28.6 Å². The van der Waals surface area contributed by atoms with Crippen LogP contribution >= 0.6 is 11.3 Å². The number of benzene rings is 2. The highest BCUT2D eigenvalue weighted by Crippen LogP contribution is 2.16. The highest BCUT2D eigenvalue weighted by Gasteiger charge is 2.07. The number of nitrogens with two attached hydrogens (primary N) is 1. The molecule has 0 fully saturated rings. The molecule has 0 bridgehead atoms. The van der Waals surface area contributed by atoms with E-state index in [1.54, 1.807) is 0 Å². The van der Waals surface area contributed by atoms with Crippen molar-refractivity contribution in [2.24, 2.45) is 5.10 Å². The second kappa shape index (κ2) is 10.0. The predicted molar refractivity (Wildman–Crippen MR) is 108 cm³/mol. The molecule has 0 saturated heterocycles. The molecule has 0 atom stereocenters. The topological polar surface area (TPSA) is 112 Å². The number of carbonyl (C=O) groups is 1. The number of ether oxygens (including phenoxy) is 2. The molecule has 9 heteroatoms. The van der Waals surface area contributed by atoms with E-state index in [4.69, 9.17) is 15.2 Å². The largest absolute Gasteiger partial charge is 0.490 e.